The van der Waals surface area contributed by atoms with Gasteiger partial charge in [-0.1, -0.05) is 38.1 Å². The summed E-state index contributed by atoms with van der Waals surface area (Å²) >= 11 is 0. The van der Waals surface area contributed by atoms with Crippen molar-refractivity contribution in [3.05, 3.63) is 35.4 Å². The van der Waals surface area contributed by atoms with Crippen LogP contribution in [-0.2, 0) is 5.92 Å². The molecule has 0 radical (unpaired) electrons. The molecule has 1 heterocycles. The van der Waals surface area contributed by atoms with Gasteiger partial charge in [0.05, 0.1) is 0 Å². The van der Waals surface area contributed by atoms with E-state index in [2.05, 4.69) is 19.2 Å². The van der Waals surface area contributed by atoms with Crippen LogP contribution in [0.4, 0.5) is 8.78 Å². The SMILES string of the molecule is CC(C)c1ccc(C(F)(F)C2CCNCC2)cc1. The zero-order chi connectivity index (χ0) is 13.2. The van der Waals surface area contributed by atoms with E-state index in [1.165, 1.54) is 0 Å². The fourth-order valence-corrected chi connectivity index (χ4v) is 2.51. The maximum absolute atomic E-state index is 14.3. The number of halogens is 2. The lowest BCUT2D eigenvalue weighted by molar-refractivity contribution is -0.0753. The largest absolute Gasteiger partial charge is 0.317 e. The Bertz CT molecular complexity index is 378. The van der Waals surface area contributed by atoms with Crippen LogP contribution in [0.25, 0.3) is 0 Å². The first-order valence-corrected chi connectivity index (χ1v) is 6.70. The lowest BCUT2D eigenvalue weighted by atomic mass is 9.86. The van der Waals surface area contributed by atoms with Gasteiger partial charge in [0.25, 0.3) is 5.92 Å². The molecule has 0 amide bonds. The minimum Gasteiger partial charge on any atom is -0.317 e. The highest BCUT2D eigenvalue weighted by Gasteiger charge is 2.41. The van der Waals surface area contributed by atoms with Crippen molar-refractivity contribution >= 4 is 0 Å². The maximum atomic E-state index is 14.3. The van der Waals surface area contributed by atoms with Crippen LogP contribution in [0.5, 0.6) is 0 Å². The zero-order valence-corrected chi connectivity index (χ0v) is 11.0. The van der Waals surface area contributed by atoms with Gasteiger partial charge >= 0.3 is 0 Å². The third-order valence-corrected chi connectivity index (χ3v) is 3.81. The van der Waals surface area contributed by atoms with E-state index >= 15 is 0 Å². The van der Waals surface area contributed by atoms with Crippen LogP contribution >= 0.6 is 0 Å². The third kappa shape index (κ3) is 2.72. The molecule has 0 spiro atoms. The van der Waals surface area contributed by atoms with Gasteiger partial charge < -0.3 is 5.32 Å². The Labute approximate surface area is 108 Å². The second-order valence-electron chi connectivity index (χ2n) is 5.42. The molecule has 1 aliphatic heterocycles. The summed E-state index contributed by atoms with van der Waals surface area (Å²) in [6.45, 7) is 5.54. The Morgan fingerprint density at radius 2 is 1.67 bits per heavy atom. The first-order chi connectivity index (χ1) is 8.51. The number of nitrogens with one attached hydrogen (secondary N) is 1. The summed E-state index contributed by atoms with van der Waals surface area (Å²) in [6.07, 6.45) is 1.11. The van der Waals surface area contributed by atoms with E-state index in [1.54, 1.807) is 12.1 Å². The molecule has 1 aromatic carbocycles. The van der Waals surface area contributed by atoms with Crippen LogP contribution in [-0.4, -0.2) is 13.1 Å². The molecule has 1 fully saturated rings. The lowest BCUT2D eigenvalue weighted by Crippen LogP contribution is -2.36. The molecule has 2 rings (SSSR count). The predicted molar refractivity (Wildman–Crippen MR) is 70.0 cm³/mol. The molecule has 1 saturated heterocycles. The number of benzene rings is 1. The van der Waals surface area contributed by atoms with E-state index in [1.807, 2.05) is 12.1 Å². The highest BCUT2D eigenvalue weighted by Crippen LogP contribution is 2.40. The number of piperidine rings is 1. The smallest absolute Gasteiger partial charge is 0.276 e. The van der Waals surface area contributed by atoms with Crippen LogP contribution in [0, 0.1) is 5.92 Å². The van der Waals surface area contributed by atoms with Crippen molar-refractivity contribution in [3.8, 4) is 0 Å². The molecule has 18 heavy (non-hydrogen) atoms. The summed E-state index contributed by atoms with van der Waals surface area (Å²) in [5.41, 5.74) is 1.28. The van der Waals surface area contributed by atoms with Gasteiger partial charge in [0.1, 0.15) is 0 Å². The highest BCUT2D eigenvalue weighted by atomic mass is 19.3. The Morgan fingerprint density at radius 3 is 2.17 bits per heavy atom. The van der Waals surface area contributed by atoms with E-state index in [0.717, 1.165) is 5.56 Å². The quantitative estimate of drug-likeness (QED) is 0.861. The van der Waals surface area contributed by atoms with Gasteiger partial charge in [0.2, 0.25) is 0 Å². The van der Waals surface area contributed by atoms with Crippen molar-refractivity contribution in [1.29, 1.82) is 0 Å². The fraction of sp³-hybridized carbons (Fsp3) is 0.600. The van der Waals surface area contributed by atoms with Gasteiger partial charge in [0, 0.05) is 11.5 Å². The summed E-state index contributed by atoms with van der Waals surface area (Å²) in [5, 5.41) is 3.13. The number of hydrogen-bond donors (Lipinski definition) is 1. The number of rotatable bonds is 3. The van der Waals surface area contributed by atoms with Gasteiger partial charge in [-0.3, -0.25) is 0 Å². The average molecular weight is 253 g/mol. The molecule has 1 aliphatic rings. The molecule has 0 aromatic heterocycles. The van der Waals surface area contributed by atoms with Crippen LogP contribution in [0.3, 0.4) is 0 Å². The topological polar surface area (TPSA) is 12.0 Å². The van der Waals surface area contributed by atoms with Gasteiger partial charge in [-0.05, 0) is 37.4 Å². The molecule has 0 bridgehead atoms. The minimum absolute atomic E-state index is 0.166. The zero-order valence-electron chi connectivity index (χ0n) is 11.0. The van der Waals surface area contributed by atoms with Gasteiger partial charge in [-0.15, -0.1) is 0 Å². The molecule has 0 aliphatic carbocycles. The molecule has 3 heteroatoms. The minimum atomic E-state index is -2.70. The Morgan fingerprint density at radius 1 is 1.11 bits per heavy atom. The molecule has 0 atom stereocenters. The molecule has 0 saturated carbocycles. The van der Waals surface area contributed by atoms with Crippen LogP contribution in [0.15, 0.2) is 24.3 Å². The van der Waals surface area contributed by atoms with Crippen molar-refractivity contribution in [2.45, 2.75) is 38.5 Å². The molecule has 1 aromatic rings. The molecule has 0 unspecified atom stereocenters. The normalized spacial score (nSPS) is 18.3. The first-order valence-electron chi connectivity index (χ1n) is 6.70. The molecular weight excluding hydrogens is 232 g/mol. The standard InChI is InChI=1S/C15H21F2N/c1-11(2)12-3-5-13(6-4-12)15(16,17)14-7-9-18-10-8-14/h3-6,11,14,18H,7-10H2,1-2H3. The lowest BCUT2D eigenvalue weighted by Gasteiger charge is -2.30. The van der Waals surface area contributed by atoms with Crippen LogP contribution < -0.4 is 5.32 Å². The summed E-state index contributed by atoms with van der Waals surface area (Å²) < 4.78 is 28.7. The van der Waals surface area contributed by atoms with E-state index in [-0.39, 0.29) is 5.56 Å². The summed E-state index contributed by atoms with van der Waals surface area (Å²) in [6, 6.07) is 6.85. The monoisotopic (exact) mass is 253 g/mol. The van der Waals surface area contributed by atoms with E-state index in [9.17, 15) is 8.78 Å². The predicted octanol–water partition coefficient (Wildman–Crippen LogP) is 3.90. The van der Waals surface area contributed by atoms with Crippen LogP contribution in [0.1, 0.15) is 43.7 Å². The average Bonchev–Trinajstić information content (AvgIpc) is 2.40. The second kappa shape index (κ2) is 5.35. The van der Waals surface area contributed by atoms with Crippen molar-refractivity contribution < 1.29 is 8.78 Å². The Balaban J connectivity index is 2.17. The van der Waals surface area contributed by atoms with Crippen molar-refractivity contribution in [3.63, 3.8) is 0 Å². The van der Waals surface area contributed by atoms with Crippen molar-refractivity contribution in [2.24, 2.45) is 5.92 Å². The van der Waals surface area contributed by atoms with Gasteiger partial charge in [-0.25, -0.2) is 8.78 Å². The second-order valence-corrected chi connectivity index (χ2v) is 5.42. The number of alkyl halides is 2. The fourth-order valence-electron chi connectivity index (χ4n) is 2.51. The molecular formula is C15H21F2N. The van der Waals surface area contributed by atoms with Crippen LogP contribution in [0.2, 0.25) is 0 Å². The summed E-state index contributed by atoms with van der Waals surface area (Å²) in [5.74, 6) is -2.84. The van der Waals surface area contributed by atoms with Gasteiger partial charge in [-0.2, -0.15) is 0 Å². The Kier molecular flexibility index (Phi) is 4.00. The van der Waals surface area contributed by atoms with E-state index in [0.29, 0.717) is 31.8 Å². The summed E-state index contributed by atoms with van der Waals surface area (Å²) in [4.78, 5) is 0. The third-order valence-electron chi connectivity index (χ3n) is 3.81. The summed E-state index contributed by atoms with van der Waals surface area (Å²) in [7, 11) is 0. The van der Waals surface area contributed by atoms with E-state index < -0.39 is 11.8 Å². The molecule has 100 valence electrons. The first kappa shape index (κ1) is 13.5. The number of hydrogen-bond acceptors (Lipinski definition) is 1. The molecule has 1 N–H and O–H groups in total. The van der Waals surface area contributed by atoms with Crippen molar-refractivity contribution in [1.82, 2.24) is 5.32 Å². The van der Waals surface area contributed by atoms with Crippen molar-refractivity contribution in [2.75, 3.05) is 13.1 Å². The van der Waals surface area contributed by atoms with E-state index in [4.69, 9.17) is 0 Å². The maximum Gasteiger partial charge on any atom is 0.276 e. The highest BCUT2D eigenvalue weighted by molar-refractivity contribution is 5.28. The van der Waals surface area contributed by atoms with Gasteiger partial charge in [0.15, 0.2) is 0 Å². The Hall–Kier alpha value is -0.960. The molecule has 1 nitrogen and oxygen atoms in total.